The topological polar surface area (TPSA) is 85.1 Å². The molecule has 84 valence electrons. The zero-order chi connectivity index (χ0) is 11.5. The monoisotopic (exact) mass is 293 g/mol. The van der Waals surface area contributed by atoms with Crippen LogP contribution in [0.2, 0.25) is 0 Å². The fraction of sp³-hybridized carbons (Fsp3) is 0.375. The zero-order valence-corrected chi connectivity index (χ0v) is 10.5. The van der Waals surface area contributed by atoms with Gasteiger partial charge in [-0.25, -0.2) is 13.1 Å². The number of pyridine rings is 1. The van der Waals surface area contributed by atoms with Crippen molar-refractivity contribution >= 4 is 26.0 Å². The highest BCUT2D eigenvalue weighted by molar-refractivity contribution is 9.10. The maximum absolute atomic E-state index is 11.7. The molecule has 1 atom stereocenters. The van der Waals surface area contributed by atoms with Gasteiger partial charge in [0.25, 0.3) is 0 Å². The molecule has 0 saturated carbocycles. The van der Waals surface area contributed by atoms with Crippen LogP contribution in [0.3, 0.4) is 0 Å². The van der Waals surface area contributed by atoms with Gasteiger partial charge in [0.1, 0.15) is 4.90 Å². The van der Waals surface area contributed by atoms with Gasteiger partial charge in [0.05, 0.1) is 0 Å². The Balaban J connectivity index is 2.96. The summed E-state index contributed by atoms with van der Waals surface area (Å²) in [6.45, 7) is 1.95. The predicted molar refractivity (Wildman–Crippen MR) is 60.8 cm³/mol. The van der Waals surface area contributed by atoms with Gasteiger partial charge < -0.3 is 5.73 Å². The third-order valence-electron chi connectivity index (χ3n) is 1.70. The van der Waals surface area contributed by atoms with E-state index in [-0.39, 0.29) is 17.5 Å². The minimum atomic E-state index is -3.52. The van der Waals surface area contributed by atoms with Crippen molar-refractivity contribution in [3.05, 3.63) is 22.9 Å². The molecule has 3 N–H and O–H groups in total. The average Bonchev–Trinajstić information content (AvgIpc) is 2.17. The number of nitrogens with zero attached hydrogens (tertiary/aromatic N) is 1. The third kappa shape index (κ3) is 3.53. The first-order valence-electron chi connectivity index (χ1n) is 4.28. The molecule has 1 rings (SSSR count). The molecule has 0 fully saturated rings. The molecule has 0 radical (unpaired) electrons. The summed E-state index contributed by atoms with van der Waals surface area (Å²) in [7, 11) is -3.52. The Hall–Kier alpha value is -0.500. The second-order valence-corrected chi connectivity index (χ2v) is 5.73. The lowest BCUT2D eigenvalue weighted by Crippen LogP contribution is -2.37. The van der Waals surface area contributed by atoms with Gasteiger partial charge in [0.2, 0.25) is 10.0 Å². The summed E-state index contributed by atoms with van der Waals surface area (Å²) in [6.07, 6.45) is 2.81. The van der Waals surface area contributed by atoms with Crippen LogP contribution in [0.4, 0.5) is 0 Å². The molecule has 5 nitrogen and oxygen atoms in total. The summed E-state index contributed by atoms with van der Waals surface area (Å²) in [5.41, 5.74) is 5.34. The Kier molecular flexibility index (Phi) is 4.21. The van der Waals surface area contributed by atoms with Crippen molar-refractivity contribution in [2.24, 2.45) is 5.73 Å². The Morgan fingerprint density at radius 1 is 1.60 bits per heavy atom. The highest BCUT2D eigenvalue weighted by Crippen LogP contribution is 2.14. The maximum atomic E-state index is 11.7. The van der Waals surface area contributed by atoms with E-state index >= 15 is 0 Å². The lowest BCUT2D eigenvalue weighted by Gasteiger charge is -2.11. The molecule has 0 saturated heterocycles. The van der Waals surface area contributed by atoms with Gasteiger partial charge in [-0.1, -0.05) is 0 Å². The van der Waals surface area contributed by atoms with E-state index < -0.39 is 10.0 Å². The average molecular weight is 294 g/mol. The minimum absolute atomic E-state index is 0.122. The second-order valence-electron chi connectivity index (χ2n) is 3.10. The lowest BCUT2D eigenvalue weighted by atomic mass is 10.4. The highest BCUT2D eigenvalue weighted by atomic mass is 79.9. The van der Waals surface area contributed by atoms with Crippen LogP contribution < -0.4 is 10.5 Å². The van der Waals surface area contributed by atoms with Crippen molar-refractivity contribution in [2.45, 2.75) is 17.9 Å². The smallest absolute Gasteiger partial charge is 0.242 e. The van der Waals surface area contributed by atoms with E-state index in [1.165, 1.54) is 18.5 Å². The van der Waals surface area contributed by atoms with Crippen molar-refractivity contribution in [1.82, 2.24) is 9.71 Å². The van der Waals surface area contributed by atoms with Gasteiger partial charge in [-0.2, -0.15) is 0 Å². The fourth-order valence-corrected chi connectivity index (χ4v) is 2.68. The maximum Gasteiger partial charge on any atom is 0.242 e. The molecule has 0 aliphatic rings. The van der Waals surface area contributed by atoms with E-state index in [1.54, 1.807) is 6.92 Å². The first-order valence-corrected chi connectivity index (χ1v) is 6.56. The standard InChI is InChI=1S/C8H12BrN3O2S/c1-6(3-10)12-15(13,14)8-2-7(9)4-11-5-8/h2,4-6,12H,3,10H2,1H3/t6-/m1/s1. The van der Waals surface area contributed by atoms with Crippen LogP contribution in [-0.4, -0.2) is 26.0 Å². The molecule has 15 heavy (non-hydrogen) atoms. The summed E-state index contributed by atoms with van der Waals surface area (Å²) in [6, 6.07) is 1.19. The van der Waals surface area contributed by atoms with Gasteiger partial charge in [0, 0.05) is 29.5 Å². The van der Waals surface area contributed by atoms with Crippen LogP contribution >= 0.6 is 15.9 Å². The lowest BCUT2D eigenvalue weighted by molar-refractivity contribution is 0.562. The molecule has 0 amide bonds. The SMILES string of the molecule is C[C@H](CN)NS(=O)(=O)c1cncc(Br)c1. The van der Waals surface area contributed by atoms with Gasteiger partial charge >= 0.3 is 0 Å². The van der Waals surface area contributed by atoms with E-state index in [1.807, 2.05) is 0 Å². The van der Waals surface area contributed by atoms with Crippen molar-refractivity contribution in [3.63, 3.8) is 0 Å². The van der Waals surface area contributed by atoms with E-state index in [0.717, 1.165) is 0 Å². The summed E-state index contributed by atoms with van der Waals surface area (Å²) >= 11 is 3.16. The van der Waals surface area contributed by atoms with Crippen molar-refractivity contribution < 1.29 is 8.42 Å². The zero-order valence-electron chi connectivity index (χ0n) is 8.14. The Morgan fingerprint density at radius 3 is 2.80 bits per heavy atom. The Morgan fingerprint density at radius 2 is 2.27 bits per heavy atom. The molecular weight excluding hydrogens is 282 g/mol. The van der Waals surface area contributed by atoms with Gasteiger partial charge in [-0.15, -0.1) is 0 Å². The minimum Gasteiger partial charge on any atom is -0.329 e. The van der Waals surface area contributed by atoms with Gasteiger partial charge in [-0.3, -0.25) is 4.98 Å². The number of hydrogen-bond donors (Lipinski definition) is 2. The molecule has 0 aliphatic carbocycles. The molecule has 1 heterocycles. The van der Waals surface area contributed by atoms with E-state index in [9.17, 15) is 8.42 Å². The number of nitrogens with two attached hydrogens (primary N) is 1. The number of aromatic nitrogens is 1. The number of halogens is 1. The van der Waals surface area contributed by atoms with E-state index in [4.69, 9.17) is 5.73 Å². The summed E-state index contributed by atoms with van der Waals surface area (Å²) < 4.78 is 26.5. The summed E-state index contributed by atoms with van der Waals surface area (Å²) in [5, 5.41) is 0. The first kappa shape index (κ1) is 12.6. The Bertz CT molecular complexity index is 435. The Labute approximate surface area is 97.3 Å². The fourth-order valence-electron chi connectivity index (χ4n) is 0.920. The molecule has 0 spiro atoms. The number of nitrogens with one attached hydrogen (secondary N) is 1. The molecule has 1 aromatic rings. The number of hydrogen-bond acceptors (Lipinski definition) is 4. The second kappa shape index (κ2) is 5.02. The molecule has 0 aliphatic heterocycles. The number of sulfonamides is 1. The van der Waals surface area contributed by atoms with Crippen LogP contribution in [0.1, 0.15) is 6.92 Å². The van der Waals surface area contributed by atoms with Crippen molar-refractivity contribution in [1.29, 1.82) is 0 Å². The van der Waals surface area contributed by atoms with Gasteiger partial charge in [-0.05, 0) is 28.9 Å². The number of rotatable bonds is 4. The molecule has 0 aromatic carbocycles. The van der Waals surface area contributed by atoms with Crippen LogP contribution in [0.15, 0.2) is 27.8 Å². The molecule has 1 aromatic heterocycles. The highest BCUT2D eigenvalue weighted by Gasteiger charge is 2.16. The van der Waals surface area contributed by atoms with Crippen LogP contribution in [0.25, 0.3) is 0 Å². The van der Waals surface area contributed by atoms with Crippen LogP contribution in [0, 0.1) is 0 Å². The normalized spacial score (nSPS) is 13.8. The molecule has 0 unspecified atom stereocenters. The van der Waals surface area contributed by atoms with Crippen molar-refractivity contribution in [2.75, 3.05) is 6.54 Å². The van der Waals surface area contributed by atoms with E-state index in [0.29, 0.717) is 4.47 Å². The predicted octanol–water partition coefficient (Wildman–Crippen LogP) is 0.470. The quantitative estimate of drug-likeness (QED) is 0.845. The van der Waals surface area contributed by atoms with Gasteiger partial charge in [0.15, 0.2) is 0 Å². The van der Waals surface area contributed by atoms with Crippen molar-refractivity contribution in [3.8, 4) is 0 Å². The first-order chi connectivity index (χ1) is 6.95. The third-order valence-corrected chi connectivity index (χ3v) is 3.69. The summed E-state index contributed by atoms with van der Waals surface area (Å²) in [4.78, 5) is 3.91. The van der Waals surface area contributed by atoms with Crippen LogP contribution in [0.5, 0.6) is 0 Å². The van der Waals surface area contributed by atoms with Crippen LogP contribution in [-0.2, 0) is 10.0 Å². The molecule has 7 heteroatoms. The molecule has 0 bridgehead atoms. The largest absolute Gasteiger partial charge is 0.329 e. The summed E-state index contributed by atoms with van der Waals surface area (Å²) in [5.74, 6) is 0. The molecular formula is C8H12BrN3O2S. The van der Waals surface area contributed by atoms with E-state index in [2.05, 4.69) is 25.6 Å².